The van der Waals surface area contributed by atoms with Gasteiger partial charge in [0.1, 0.15) is 6.10 Å². The van der Waals surface area contributed by atoms with Crippen LogP contribution in [0.15, 0.2) is 0 Å². The molecule has 1 fully saturated rings. The van der Waals surface area contributed by atoms with Gasteiger partial charge in [-0.3, -0.25) is 4.79 Å². The van der Waals surface area contributed by atoms with Crippen LogP contribution in [0.5, 0.6) is 0 Å². The first-order valence-electron chi connectivity index (χ1n) is 6.21. The lowest BCUT2D eigenvalue weighted by Gasteiger charge is -2.34. The Balaban J connectivity index is 2.55. The van der Waals surface area contributed by atoms with Gasteiger partial charge in [0.05, 0.1) is 6.26 Å². The molecule has 1 aliphatic rings. The minimum Gasteiger partial charge on any atom is -0.369 e. The maximum Gasteiger partial charge on any atom is 0.251 e. The second kappa shape index (κ2) is 6.49. The summed E-state index contributed by atoms with van der Waals surface area (Å²) in [6.07, 6.45) is 2.24. The van der Waals surface area contributed by atoms with Crippen molar-refractivity contribution in [2.75, 3.05) is 26.0 Å². The maximum absolute atomic E-state index is 12.0. The third kappa shape index (κ3) is 4.91. The normalized spacial score (nSPS) is 22.8. The van der Waals surface area contributed by atoms with Gasteiger partial charge in [-0.1, -0.05) is 0 Å². The lowest BCUT2D eigenvalue weighted by molar-refractivity contribution is -0.143. The Morgan fingerprint density at radius 1 is 1.56 bits per heavy atom. The lowest BCUT2D eigenvalue weighted by Crippen LogP contribution is -2.51. The van der Waals surface area contributed by atoms with E-state index in [9.17, 15) is 13.2 Å². The average molecular weight is 278 g/mol. The zero-order valence-corrected chi connectivity index (χ0v) is 12.0. The van der Waals surface area contributed by atoms with Crippen molar-refractivity contribution in [3.63, 3.8) is 0 Å². The Kier molecular flexibility index (Phi) is 5.55. The second-order valence-electron chi connectivity index (χ2n) is 4.61. The van der Waals surface area contributed by atoms with Crippen molar-refractivity contribution in [3.8, 4) is 0 Å². The highest BCUT2D eigenvalue weighted by atomic mass is 32.2. The lowest BCUT2D eigenvalue weighted by atomic mass is 10.1. The van der Waals surface area contributed by atoms with Crippen LogP contribution in [0.2, 0.25) is 0 Å². The van der Waals surface area contributed by atoms with E-state index >= 15 is 0 Å². The van der Waals surface area contributed by atoms with E-state index < -0.39 is 16.1 Å². The van der Waals surface area contributed by atoms with E-state index in [1.807, 2.05) is 6.92 Å². The van der Waals surface area contributed by atoms with E-state index in [0.717, 1.165) is 19.1 Å². The molecule has 0 aromatic heterocycles. The van der Waals surface area contributed by atoms with Gasteiger partial charge in [-0.2, -0.15) is 0 Å². The van der Waals surface area contributed by atoms with E-state index in [2.05, 4.69) is 4.72 Å². The smallest absolute Gasteiger partial charge is 0.251 e. The van der Waals surface area contributed by atoms with Gasteiger partial charge in [-0.05, 0) is 26.7 Å². The summed E-state index contributed by atoms with van der Waals surface area (Å²) in [5.74, 6) is -0.0724. The van der Waals surface area contributed by atoms with Crippen LogP contribution in [0.4, 0.5) is 0 Å². The molecule has 2 unspecified atom stereocenters. The summed E-state index contributed by atoms with van der Waals surface area (Å²) < 4.78 is 30.2. The zero-order valence-electron chi connectivity index (χ0n) is 11.2. The molecule has 0 bridgehead atoms. The molecule has 0 saturated carbocycles. The SMILES string of the molecule is CCOC(C)C(=O)N1CCCC(NS(C)(=O)=O)C1. The van der Waals surface area contributed by atoms with Crippen LogP contribution in [0.1, 0.15) is 26.7 Å². The molecule has 0 aromatic carbocycles. The van der Waals surface area contributed by atoms with Crippen LogP contribution in [-0.4, -0.2) is 57.3 Å². The molecule has 1 amide bonds. The van der Waals surface area contributed by atoms with Crippen molar-refractivity contribution in [2.24, 2.45) is 0 Å². The molecule has 1 saturated heterocycles. The quantitative estimate of drug-likeness (QED) is 0.765. The first-order chi connectivity index (χ1) is 8.33. The van der Waals surface area contributed by atoms with E-state index in [0.29, 0.717) is 19.7 Å². The number of carbonyl (C=O) groups is 1. The van der Waals surface area contributed by atoms with E-state index in [4.69, 9.17) is 4.74 Å². The summed E-state index contributed by atoms with van der Waals surface area (Å²) >= 11 is 0. The molecule has 0 aliphatic carbocycles. The highest BCUT2D eigenvalue weighted by molar-refractivity contribution is 7.88. The molecule has 0 radical (unpaired) electrons. The fourth-order valence-corrected chi connectivity index (χ4v) is 2.95. The van der Waals surface area contributed by atoms with Gasteiger partial charge in [0.25, 0.3) is 5.91 Å². The van der Waals surface area contributed by atoms with Crippen LogP contribution in [0, 0.1) is 0 Å². The Hall–Kier alpha value is -0.660. The molecule has 106 valence electrons. The molecule has 6 nitrogen and oxygen atoms in total. The maximum atomic E-state index is 12.0. The van der Waals surface area contributed by atoms with Gasteiger partial charge in [0, 0.05) is 25.7 Å². The number of piperidine rings is 1. The van der Waals surface area contributed by atoms with Gasteiger partial charge in [0.15, 0.2) is 0 Å². The Bertz CT molecular complexity index is 383. The third-order valence-corrected chi connectivity index (χ3v) is 3.64. The van der Waals surface area contributed by atoms with Gasteiger partial charge in [-0.15, -0.1) is 0 Å². The van der Waals surface area contributed by atoms with Gasteiger partial charge in [-0.25, -0.2) is 13.1 Å². The zero-order chi connectivity index (χ0) is 13.8. The minimum absolute atomic E-state index is 0.0724. The first kappa shape index (κ1) is 15.4. The molecule has 1 aliphatic heterocycles. The van der Waals surface area contributed by atoms with Crippen molar-refractivity contribution in [1.82, 2.24) is 9.62 Å². The fourth-order valence-electron chi connectivity index (χ4n) is 2.15. The van der Waals surface area contributed by atoms with Crippen molar-refractivity contribution >= 4 is 15.9 Å². The van der Waals surface area contributed by atoms with Crippen molar-refractivity contribution in [2.45, 2.75) is 38.8 Å². The Morgan fingerprint density at radius 2 is 2.22 bits per heavy atom. The van der Waals surface area contributed by atoms with E-state index in [1.165, 1.54) is 0 Å². The van der Waals surface area contributed by atoms with Crippen molar-refractivity contribution in [3.05, 3.63) is 0 Å². The van der Waals surface area contributed by atoms with Crippen LogP contribution in [0.3, 0.4) is 0 Å². The summed E-state index contributed by atoms with van der Waals surface area (Å²) in [5, 5.41) is 0. The third-order valence-electron chi connectivity index (χ3n) is 2.88. The number of likely N-dealkylation sites (tertiary alicyclic amines) is 1. The number of amides is 1. The predicted octanol–water partition coefficient (Wildman–Crippen LogP) is -0.0484. The number of sulfonamides is 1. The molecule has 0 aromatic rings. The summed E-state index contributed by atoms with van der Waals surface area (Å²) in [6, 6.07) is -0.188. The standard InChI is InChI=1S/C11H22N2O4S/c1-4-17-9(2)11(14)13-7-5-6-10(8-13)12-18(3,15)16/h9-10,12H,4-8H2,1-3H3. The number of hydrogen-bond donors (Lipinski definition) is 1. The van der Waals surface area contributed by atoms with Crippen LogP contribution < -0.4 is 4.72 Å². The number of ether oxygens (including phenoxy) is 1. The summed E-state index contributed by atoms with van der Waals surface area (Å²) in [4.78, 5) is 13.7. The van der Waals surface area contributed by atoms with Gasteiger partial charge in [0.2, 0.25) is 10.0 Å². The van der Waals surface area contributed by atoms with Crippen molar-refractivity contribution < 1.29 is 17.9 Å². The molecule has 0 spiro atoms. The van der Waals surface area contributed by atoms with E-state index in [-0.39, 0.29) is 11.9 Å². The van der Waals surface area contributed by atoms with Crippen LogP contribution in [0.25, 0.3) is 0 Å². The highest BCUT2D eigenvalue weighted by Gasteiger charge is 2.28. The number of nitrogens with zero attached hydrogens (tertiary/aromatic N) is 1. The largest absolute Gasteiger partial charge is 0.369 e. The predicted molar refractivity (Wildman–Crippen MR) is 68.7 cm³/mol. The topological polar surface area (TPSA) is 75.7 Å². The number of carbonyl (C=O) groups excluding carboxylic acids is 1. The molecular formula is C11H22N2O4S. The highest BCUT2D eigenvalue weighted by Crippen LogP contribution is 2.12. The summed E-state index contributed by atoms with van der Waals surface area (Å²) in [6.45, 7) is 5.14. The second-order valence-corrected chi connectivity index (χ2v) is 6.39. The molecule has 1 heterocycles. The molecule has 2 atom stereocenters. The monoisotopic (exact) mass is 278 g/mol. The number of hydrogen-bond acceptors (Lipinski definition) is 4. The minimum atomic E-state index is -3.22. The molecule has 1 N–H and O–H groups in total. The molecule has 7 heteroatoms. The van der Waals surface area contributed by atoms with Gasteiger partial charge >= 0.3 is 0 Å². The van der Waals surface area contributed by atoms with Crippen LogP contribution in [-0.2, 0) is 19.6 Å². The summed E-state index contributed by atoms with van der Waals surface area (Å²) in [5.41, 5.74) is 0. The fraction of sp³-hybridized carbons (Fsp3) is 0.909. The number of rotatable bonds is 5. The van der Waals surface area contributed by atoms with Crippen molar-refractivity contribution in [1.29, 1.82) is 0 Å². The number of nitrogens with one attached hydrogen (secondary N) is 1. The Morgan fingerprint density at radius 3 is 2.78 bits per heavy atom. The summed E-state index contributed by atoms with van der Waals surface area (Å²) in [7, 11) is -3.22. The average Bonchev–Trinajstić information content (AvgIpc) is 2.26. The molecule has 18 heavy (non-hydrogen) atoms. The molecule has 1 rings (SSSR count). The first-order valence-corrected chi connectivity index (χ1v) is 8.10. The van der Waals surface area contributed by atoms with Crippen LogP contribution >= 0.6 is 0 Å². The van der Waals surface area contributed by atoms with E-state index in [1.54, 1.807) is 11.8 Å². The Labute approximate surface area is 109 Å². The van der Waals surface area contributed by atoms with Gasteiger partial charge < -0.3 is 9.64 Å². The molecular weight excluding hydrogens is 256 g/mol.